The van der Waals surface area contributed by atoms with Gasteiger partial charge in [0.05, 0.1) is 34.5 Å². The minimum atomic E-state index is -0.870. The van der Waals surface area contributed by atoms with E-state index in [1.165, 1.54) is 11.0 Å². The van der Waals surface area contributed by atoms with E-state index >= 15 is 0 Å². The normalized spacial score (nSPS) is 22.2. The number of hydrogen-bond acceptors (Lipinski definition) is 9. The van der Waals surface area contributed by atoms with Crippen molar-refractivity contribution in [2.45, 2.75) is 63.4 Å². The number of aryl methyl sites for hydroxylation is 1. The Balaban J connectivity index is 1.17. The van der Waals surface area contributed by atoms with Crippen molar-refractivity contribution in [2.75, 3.05) is 56.7 Å². The molecule has 4 aliphatic heterocycles. The molecule has 0 spiro atoms. The molecule has 6 heterocycles. The van der Waals surface area contributed by atoms with Crippen molar-refractivity contribution in [2.24, 2.45) is 0 Å². The maximum Gasteiger partial charge on any atom is 0.318 e. The first-order valence-electron chi connectivity index (χ1n) is 16.9. The lowest BCUT2D eigenvalue weighted by Gasteiger charge is -2.35. The molecule has 4 aliphatic rings. The Hall–Kier alpha value is -4.04. The highest BCUT2D eigenvalue weighted by atomic mass is 79.9. The van der Waals surface area contributed by atoms with Crippen molar-refractivity contribution in [1.29, 1.82) is 0 Å². The molecule has 0 unspecified atom stereocenters. The van der Waals surface area contributed by atoms with Gasteiger partial charge >= 0.3 is 6.01 Å². The van der Waals surface area contributed by atoms with Crippen LogP contribution in [0.25, 0.3) is 10.8 Å². The van der Waals surface area contributed by atoms with E-state index in [-0.39, 0.29) is 29.0 Å². The number of carbonyl (C=O) groups is 1. The van der Waals surface area contributed by atoms with E-state index in [4.69, 9.17) is 14.7 Å². The molecule has 1 amide bonds. The predicted molar refractivity (Wildman–Crippen MR) is 185 cm³/mol. The van der Waals surface area contributed by atoms with Gasteiger partial charge < -0.3 is 24.5 Å². The second-order valence-corrected chi connectivity index (χ2v) is 14.7. The fourth-order valence-corrected chi connectivity index (χ4v) is 8.72. The van der Waals surface area contributed by atoms with E-state index in [0.29, 0.717) is 73.4 Å². The summed E-state index contributed by atoms with van der Waals surface area (Å²) in [6.07, 6.45) is 2.87. The van der Waals surface area contributed by atoms with Gasteiger partial charge in [-0.25, -0.2) is 8.78 Å². The molecule has 0 aliphatic carbocycles. The Morgan fingerprint density at radius 1 is 1.10 bits per heavy atom. The van der Waals surface area contributed by atoms with Crippen LogP contribution in [0.15, 0.2) is 34.8 Å². The third-order valence-electron chi connectivity index (χ3n) is 10.5. The van der Waals surface area contributed by atoms with Gasteiger partial charge in [-0.3, -0.25) is 14.4 Å². The fraction of sp³-hybridized carbons (Fsp3) is 0.486. The van der Waals surface area contributed by atoms with Gasteiger partial charge in [0.25, 0.3) is 5.91 Å². The average Bonchev–Trinajstić information content (AvgIpc) is 3.71. The van der Waals surface area contributed by atoms with Crippen LogP contribution in [-0.2, 0) is 26.1 Å². The number of fused-ring (bicyclic) bond motifs is 4. The number of phenolic OH excluding ortho intramolecular Hbond substituents is 1. The number of nitrogens with zero attached hydrogens (tertiary/aromatic N) is 8. The molecule has 2 aromatic carbocycles. The number of benzene rings is 2. The minimum Gasteiger partial charge on any atom is -0.508 e. The molecule has 2 fully saturated rings. The van der Waals surface area contributed by atoms with Crippen molar-refractivity contribution in [3.8, 4) is 11.8 Å². The fourth-order valence-electron chi connectivity index (χ4n) is 8.15. The molecule has 2 aromatic heterocycles. The topological polar surface area (TPSA) is 103 Å². The summed E-state index contributed by atoms with van der Waals surface area (Å²) >= 11 is 3.45. The molecule has 11 nitrogen and oxygen atoms in total. The van der Waals surface area contributed by atoms with Crippen LogP contribution in [0, 0.1) is 5.82 Å². The summed E-state index contributed by atoms with van der Waals surface area (Å²) in [5, 5.41) is 16.7. The van der Waals surface area contributed by atoms with Crippen LogP contribution in [0.3, 0.4) is 0 Å². The third-order valence-corrected chi connectivity index (χ3v) is 11.3. The zero-order valence-corrected chi connectivity index (χ0v) is 29.2. The Morgan fingerprint density at radius 3 is 2.80 bits per heavy atom. The van der Waals surface area contributed by atoms with Gasteiger partial charge in [0.15, 0.2) is 5.69 Å². The lowest BCUT2D eigenvalue weighted by Crippen LogP contribution is -2.43. The summed E-state index contributed by atoms with van der Waals surface area (Å²) in [6.45, 7) is 4.49. The molecule has 0 bridgehead atoms. The van der Waals surface area contributed by atoms with Crippen LogP contribution in [0.1, 0.15) is 53.1 Å². The van der Waals surface area contributed by atoms with Crippen LogP contribution >= 0.6 is 15.9 Å². The molecule has 1 N–H and O–H groups in total. The Kier molecular flexibility index (Phi) is 8.13. The molecule has 0 radical (unpaired) electrons. The number of anilines is 2. The number of rotatable bonds is 6. The molecular weight excluding hydrogens is 698 g/mol. The highest BCUT2D eigenvalue weighted by molar-refractivity contribution is 9.10. The van der Waals surface area contributed by atoms with E-state index in [9.17, 15) is 18.7 Å². The molecule has 8 rings (SSSR count). The Bertz CT molecular complexity index is 1960. The molecule has 4 aromatic rings. The number of aromatic hydroxyl groups is 1. The van der Waals surface area contributed by atoms with Gasteiger partial charge in [0, 0.05) is 69.4 Å². The number of halogens is 3. The number of alkyl halides is 1. The second kappa shape index (κ2) is 12.4. The summed E-state index contributed by atoms with van der Waals surface area (Å²) in [6, 6.07) is 8.46. The van der Waals surface area contributed by atoms with Crippen molar-refractivity contribution in [3.05, 3.63) is 63.3 Å². The number of aromatic nitrogens is 4. The molecule has 0 saturated carbocycles. The highest BCUT2D eigenvalue weighted by Crippen LogP contribution is 2.42. The lowest BCUT2D eigenvalue weighted by atomic mass is 9.95. The first-order chi connectivity index (χ1) is 23.6. The van der Waals surface area contributed by atoms with Crippen LogP contribution in [0.2, 0.25) is 0 Å². The Labute approximate surface area is 291 Å². The van der Waals surface area contributed by atoms with Crippen molar-refractivity contribution in [3.63, 3.8) is 0 Å². The van der Waals surface area contributed by atoms with Crippen LogP contribution in [0.5, 0.6) is 11.8 Å². The molecule has 2 atom stereocenters. The average molecular weight is 738 g/mol. The summed E-state index contributed by atoms with van der Waals surface area (Å²) in [5.41, 5.74) is 3.47. The number of hydrogen-bond donors (Lipinski definition) is 1. The monoisotopic (exact) mass is 736 g/mol. The maximum atomic E-state index is 14.8. The maximum absolute atomic E-state index is 14.8. The summed E-state index contributed by atoms with van der Waals surface area (Å²) in [5.74, 6) is 0.348. The van der Waals surface area contributed by atoms with Gasteiger partial charge in [0.2, 0.25) is 0 Å². The summed E-state index contributed by atoms with van der Waals surface area (Å²) in [4.78, 5) is 30.8. The third kappa shape index (κ3) is 5.76. The molecular formula is C35H39BrF2N8O3. The number of carbonyl (C=O) groups excluding carboxylic acids is 1. The minimum absolute atomic E-state index is 0.0932. The quantitative estimate of drug-likeness (QED) is 0.291. The van der Waals surface area contributed by atoms with E-state index < -0.39 is 6.17 Å². The largest absolute Gasteiger partial charge is 0.508 e. The van der Waals surface area contributed by atoms with E-state index in [1.807, 2.05) is 10.7 Å². The highest BCUT2D eigenvalue weighted by Gasteiger charge is 2.49. The van der Waals surface area contributed by atoms with Gasteiger partial charge in [-0.15, -0.1) is 0 Å². The van der Waals surface area contributed by atoms with Gasteiger partial charge in [-0.2, -0.15) is 15.1 Å². The first-order valence-corrected chi connectivity index (χ1v) is 17.7. The van der Waals surface area contributed by atoms with Crippen LogP contribution < -0.4 is 14.5 Å². The van der Waals surface area contributed by atoms with E-state index in [2.05, 4.69) is 35.7 Å². The molecule has 49 heavy (non-hydrogen) atoms. The summed E-state index contributed by atoms with van der Waals surface area (Å²) in [7, 11) is 3.44. The van der Waals surface area contributed by atoms with E-state index in [1.54, 1.807) is 32.3 Å². The Morgan fingerprint density at radius 2 is 1.96 bits per heavy atom. The van der Waals surface area contributed by atoms with Crippen molar-refractivity contribution < 1.29 is 23.4 Å². The van der Waals surface area contributed by atoms with Crippen molar-refractivity contribution >= 4 is 44.1 Å². The van der Waals surface area contributed by atoms with Gasteiger partial charge in [-0.1, -0.05) is 6.07 Å². The van der Waals surface area contributed by atoms with Gasteiger partial charge in [-0.05, 0) is 71.7 Å². The smallest absolute Gasteiger partial charge is 0.318 e. The van der Waals surface area contributed by atoms with E-state index in [0.717, 1.165) is 60.5 Å². The standard InChI is InChI=1S/C35H39BrF2N8O3/c1-42(2)33(48)27-14-23-18-44(9-4-11-46(23)41-27)32-25-7-12-43(29-15-24(47)13-21-5-6-26(38)31(36)30(21)29)19-28(25)39-34(40-32)49-20-35-8-3-10-45(35)17-22(37)16-35/h5-6,13-15,22,47H,3-4,7-12,16-20H2,1-2H3/t22-,35+/m1/s1. The first kappa shape index (κ1) is 32.2. The van der Waals surface area contributed by atoms with Crippen molar-refractivity contribution in [1.82, 2.24) is 29.5 Å². The predicted octanol–water partition coefficient (Wildman–Crippen LogP) is 5.06. The summed E-state index contributed by atoms with van der Waals surface area (Å²) < 4.78 is 38.0. The molecule has 14 heteroatoms. The van der Waals surface area contributed by atoms with Crippen LogP contribution in [0.4, 0.5) is 20.3 Å². The number of amides is 1. The van der Waals surface area contributed by atoms with Gasteiger partial charge in [0.1, 0.15) is 30.2 Å². The molecule has 2 saturated heterocycles. The second-order valence-electron chi connectivity index (χ2n) is 13.9. The van der Waals surface area contributed by atoms with Crippen LogP contribution in [-0.4, -0.2) is 99.2 Å². The SMILES string of the molecule is CN(C)C(=O)c1cc2n(n1)CCCN(c1nc(OC[C@@]34CCCN3C[C@H](F)C4)nc3c1CCN(c1cc(O)cc4ccc(F)c(Br)c14)C3)C2. The zero-order valence-electron chi connectivity index (χ0n) is 27.6. The lowest BCUT2D eigenvalue weighted by molar-refractivity contribution is 0.0821. The number of phenols is 1. The number of ether oxygens (including phenoxy) is 1. The molecule has 258 valence electrons. The zero-order chi connectivity index (χ0) is 34.0.